The first kappa shape index (κ1) is 13.8. The first-order valence-corrected chi connectivity index (χ1v) is 8.40. The van der Waals surface area contributed by atoms with Gasteiger partial charge in [0.15, 0.2) is 0 Å². The maximum Gasteiger partial charge on any atom is 0.0761 e. The zero-order valence-electron chi connectivity index (χ0n) is 10.4. The Bertz CT molecular complexity index is 611. The third kappa shape index (κ3) is 2.67. The minimum absolute atomic E-state index is 0.197. The number of thiophene rings is 1. The fraction of sp³-hybridized carbons (Fsp3) is 0.286. The van der Waals surface area contributed by atoms with Gasteiger partial charge in [-0.3, -0.25) is 0 Å². The van der Waals surface area contributed by atoms with E-state index in [4.69, 9.17) is 4.74 Å². The topological polar surface area (TPSA) is 21.3 Å². The standard InChI is InChI=1S/C14H13Br2NOS/c1-17-13(11-5-12(15)19-14(11)16)8-2-3-9-6-18-7-10(9)4-8/h2-5,13,17H,6-7H2,1H3. The van der Waals surface area contributed by atoms with Crippen molar-refractivity contribution in [1.29, 1.82) is 0 Å². The Morgan fingerprint density at radius 1 is 1.21 bits per heavy atom. The van der Waals surface area contributed by atoms with Gasteiger partial charge in [0.05, 0.1) is 26.8 Å². The van der Waals surface area contributed by atoms with Gasteiger partial charge in [-0.15, -0.1) is 11.3 Å². The van der Waals surface area contributed by atoms with Gasteiger partial charge in [-0.25, -0.2) is 0 Å². The van der Waals surface area contributed by atoms with E-state index in [0.29, 0.717) is 0 Å². The Balaban J connectivity index is 2.00. The Hall–Kier alpha value is -0.200. The van der Waals surface area contributed by atoms with Crippen LogP contribution in [0.15, 0.2) is 31.8 Å². The highest BCUT2D eigenvalue weighted by Gasteiger charge is 2.20. The van der Waals surface area contributed by atoms with Crippen LogP contribution in [0.5, 0.6) is 0 Å². The zero-order chi connectivity index (χ0) is 13.4. The van der Waals surface area contributed by atoms with Crippen molar-refractivity contribution in [2.24, 2.45) is 0 Å². The summed E-state index contributed by atoms with van der Waals surface area (Å²) in [5.74, 6) is 0. The maximum absolute atomic E-state index is 5.48. The second-order valence-corrected chi connectivity index (χ2v) is 8.27. The molecule has 1 aromatic carbocycles. The lowest BCUT2D eigenvalue weighted by atomic mass is 9.97. The van der Waals surface area contributed by atoms with Crippen molar-refractivity contribution in [2.75, 3.05) is 7.05 Å². The van der Waals surface area contributed by atoms with Gasteiger partial charge in [0.1, 0.15) is 0 Å². The number of benzene rings is 1. The summed E-state index contributed by atoms with van der Waals surface area (Å²) in [6, 6.07) is 8.98. The van der Waals surface area contributed by atoms with Crippen LogP contribution in [0.1, 0.15) is 28.3 Å². The van der Waals surface area contributed by atoms with Crippen molar-refractivity contribution in [3.05, 3.63) is 54.1 Å². The van der Waals surface area contributed by atoms with Gasteiger partial charge in [-0.2, -0.15) is 0 Å². The van der Waals surface area contributed by atoms with E-state index in [2.05, 4.69) is 61.4 Å². The van der Waals surface area contributed by atoms with Crippen LogP contribution < -0.4 is 5.32 Å². The highest BCUT2D eigenvalue weighted by molar-refractivity contribution is 9.12. The third-order valence-electron chi connectivity index (χ3n) is 3.36. The molecular weight excluding hydrogens is 390 g/mol. The van der Waals surface area contributed by atoms with Gasteiger partial charge in [-0.1, -0.05) is 18.2 Å². The average Bonchev–Trinajstić information content (AvgIpc) is 2.97. The normalized spacial score (nSPS) is 15.5. The second-order valence-electron chi connectivity index (χ2n) is 4.52. The fourth-order valence-electron chi connectivity index (χ4n) is 2.42. The molecule has 0 bridgehead atoms. The van der Waals surface area contributed by atoms with Gasteiger partial charge >= 0.3 is 0 Å². The molecule has 0 aliphatic carbocycles. The van der Waals surface area contributed by atoms with Crippen molar-refractivity contribution < 1.29 is 4.74 Å². The van der Waals surface area contributed by atoms with E-state index >= 15 is 0 Å². The van der Waals surface area contributed by atoms with Gasteiger partial charge in [-0.05, 0) is 67.2 Å². The van der Waals surface area contributed by atoms with Crippen molar-refractivity contribution in [2.45, 2.75) is 19.3 Å². The SMILES string of the molecule is CNC(c1ccc2c(c1)COC2)c1cc(Br)sc1Br. The lowest BCUT2D eigenvalue weighted by Crippen LogP contribution is -2.17. The van der Waals surface area contributed by atoms with Crippen LogP contribution in [-0.2, 0) is 18.0 Å². The summed E-state index contributed by atoms with van der Waals surface area (Å²) in [5.41, 5.74) is 5.16. The molecule has 1 aliphatic rings. The lowest BCUT2D eigenvalue weighted by Gasteiger charge is -2.17. The van der Waals surface area contributed by atoms with Crippen molar-refractivity contribution >= 4 is 43.2 Å². The highest BCUT2D eigenvalue weighted by Crippen LogP contribution is 2.38. The molecule has 1 N–H and O–H groups in total. The number of hydrogen-bond acceptors (Lipinski definition) is 3. The highest BCUT2D eigenvalue weighted by atomic mass is 79.9. The quantitative estimate of drug-likeness (QED) is 0.809. The molecule has 0 spiro atoms. The number of hydrogen-bond donors (Lipinski definition) is 1. The van der Waals surface area contributed by atoms with E-state index in [1.807, 2.05) is 7.05 Å². The Morgan fingerprint density at radius 3 is 2.68 bits per heavy atom. The Labute approximate surface area is 133 Å². The molecule has 0 amide bonds. The molecule has 0 saturated heterocycles. The van der Waals surface area contributed by atoms with E-state index in [9.17, 15) is 0 Å². The zero-order valence-corrected chi connectivity index (χ0v) is 14.4. The van der Waals surface area contributed by atoms with Gasteiger partial charge in [0.2, 0.25) is 0 Å². The lowest BCUT2D eigenvalue weighted by molar-refractivity contribution is 0.134. The number of nitrogens with one attached hydrogen (secondary N) is 1. The summed E-state index contributed by atoms with van der Waals surface area (Å²) >= 11 is 8.89. The van der Waals surface area contributed by atoms with E-state index in [1.165, 1.54) is 22.3 Å². The van der Waals surface area contributed by atoms with E-state index in [1.54, 1.807) is 11.3 Å². The summed E-state index contributed by atoms with van der Waals surface area (Å²) < 4.78 is 7.78. The van der Waals surface area contributed by atoms with Crippen LogP contribution in [0.25, 0.3) is 0 Å². The first-order chi connectivity index (χ1) is 9.19. The molecule has 0 radical (unpaired) electrons. The minimum Gasteiger partial charge on any atom is -0.372 e. The minimum atomic E-state index is 0.197. The molecule has 19 heavy (non-hydrogen) atoms. The van der Waals surface area contributed by atoms with E-state index in [-0.39, 0.29) is 6.04 Å². The van der Waals surface area contributed by atoms with Crippen LogP contribution in [0.4, 0.5) is 0 Å². The number of rotatable bonds is 3. The monoisotopic (exact) mass is 401 g/mol. The smallest absolute Gasteiger partial charge is 0.0761 e. The molecule has 1 aromatic heterocycles. The molecule has 2 aromatic rings. The number of ether oxygens (including phenoxy) is 1. The van der Waals surface area contributed by atoms with Crippen molar-refractivity contribution in [3.63, 3.8) is 0 Å². The third-order valence-corrected chi connectivity index (χ3v) is 5.75. The summed E-state index contributed by atoms with van der Waals surface area (Å²) in [6.45, 7) is 1.47. The van der Waals surface area contributed by atoms with Gasteiger partial charge in [0.25, 0.3) is 0 Å². The molecule has 0 saturated carbocycles. The van der Waals surface area contributed by atoms with Crippen molar-refractivity contribution in [1.82, 2.24) is 5.32 Å². The molecule has 100 valence electrons. The fourth-order valence-corrected chi connectivity index (χ4v) is 5.33. The number of halogens is 2. The van der Waals surface area contributed by atoms with E-state index in [0.717, 1.165) is 20.8 Å². The molecule has 1 aliphatic heterocycles. The first-order valence-electron chi connectivity index (χ1n) is 6.00. The van der Waals surface area contributed by atoms with Crippen LogP contribution in [0, 0.1) is 0 Å². The van der Waals surface area contributed by atoms with Crippen LogP contribution in [0.2, 0.25) is 0 Å². The Kier molecular flexibility index (Phi) is 4.10. The molecule has 2 heterocycles. The molecule has 0 fully saturated rings. The van der Waals surface area contributed by atoms with Crippen molar-refractivity contribution in [3.8, 4) is 0 Å². The largest absolute Gasteiger partial charge is 0.372 e. The van der Waals surface area contributed by atoms with Gasteiger partial charge < -0.3 is 10.1 Å². The van der Waals surface area contributed by atoms with Gasteiger partial charge in [0, 0.05) is 0 Å². The summed E-state index contributed by atoms with van der Waals surface area (Å²) in [5, 5.41) is 3.40. The Morgan fingerprint density at radius 2 is 2.00 bits per heavy atom. The summed E-state index contributed by atoms with van der Waals surface area (Å²) in [6.07, 6.45) is 0. The molecular formula is C14H13Br2NOS. The summed E-state index contributed by atoms with van der Waals surface area (Å²) in [7, 11) is 1.99. The molecule has 2 nitrogen and oxygen atoms in total. The molecule has 5 heteroatoms. The maximum atomic E-state index is 5.48. The van der Waals surface area contributed by atoms with E-state index < -0.39 is 0 Å². The van der Waals surface area contributed by atoms with Crippen LogP contribution >= 0.6 is 43.2 Å². The molecule has 1 unspecified atom stereocenters. The van der Waals surface area contributed by atoms with Crippen LogP contribution in [-0.4, -0.2) is 7.05 Å². The number of fused-ring (bicyclic) bond motifs is 1. The summed E-state index contributed by atoms with van der Waals surface area (Å²) in [4.78, 5) is 0. The van der Waals surface area contributed by atoms with Crippen LogP contribution in [0.3, 0.4) is 0 Å². The average molecular weight is 403 g/mol. The molecule has 1 atom stereocenters. The molecule has 3 rings (SSSR count). The second kappa shape index (κ2) is 5.66. The predicted molar refractivity (Wildman–Crippen MR) is 85.6 cm³/mol. The predicted octanol–water partition coefficient (Wildman–Crippen LogP) is 4.61.